The van der Waals surface area contributed by atoms with E-state index in [0.29, 0.717) is 5.69 Å². The molecule has 1 heterocycles. The van der Waals surface area contributed by atoms with Gasteiger partial charge < -0.3 is 5.32 Å². The molecule has 0 radical (unpaired) electrons. The minimum absolute atomic E-state index is 0.139. The van der Waals surface area contributed by atoms with Gasteiger partial charge in [0.05, 0.1) is 6.54 Å². The van der Waals surface area contributed by atoms with E-state index in [9.17, 15) is 9.18 Å². The number of thiophene rings is 1. The van der Waals surface area contributed by atoms with Crippen LogP contribution in [0.5, 0.6) is 0 Å². The number of hydrogen-bond donors (Lipinski definition) is 1. The summed E-state index contributed by atoms with van der Waals surface area (Å²) in [5.41, 5.74) is 2.62. The van der Waals surface area contributed by atoms with Crippen molar-refractivity contribution in [1.29, 1.82) is 0 Å². The van der Waals surface area contributed by atoms with E-state index in [1.807, 2.05) is 18.9 Å². The normalized spacial score (nSPS) is 10.9. The first-order chi connectivity index (χ1) is 9.95. The van der Waals surface area contributed by atoms with E-state index >= 15 is 0 Å². The van der Waals surface area contributed by atoms with Crippen LogP contribution < -0.4 is 5.32 Å². The third-order valence-electron chi connectivity index (χ3n) is 3.27. The van der Waals surface area contributed by atoms with Gasteiger partial charge in [-0.15, -0.1) is 11.3 Å². The van der Waals surface area contributed by atoms with Crippen LogP contribution in [0.15, 0.2) is 29.6 Å². The van der Waals surface area contributed by atoms with Crippen molar-refractivity contribution < 1.29 is 9.18 Å². The fourth-order valence-electron chi connectivity index (χ4n) is 2.03. The molecule has 1 N–H and O–H groups in total. The Kier molecular flexibility index (Phi) is 5.09. The maximum Gasteiger partial charge on any atom is 0.238 e. The van der Waals surface area contributed by atoms with Crippen molar-refractivity contribution in [3.8, 4) is 0 Å². The van der Waals surface area contributed by atoms with Gasteiger partial charge in [-0.3, -0.25) is 9.69 Å². The molecular weight excluding hydrogens is 287 g/mol. The number of nitrogens with one attached hydrogen (secondary N) is 1. The van der Waals surface area contributed by atoms with Gasteiger partial charge in [-0.2, -0.15) is 0 Å². The molecule has 1 amide bonds. The molecule has 0 bridgehead atoms. The molecule has 0 unspecified atom stereocenters. The van der Waals surface area contributed by atoms with Gasteiger partial charge in [0.25, 0.3) is 0 Å². The minimum Gasteiger partial charge on any atom is -0.325 e. The molecular formula is C16H19FN2OS. The molecule has 3 nitrogen and oxygen atoms in total. The molecule has 0 saturated heterocycles. The van der Waals surface area contributed by atoms with Crippen LogP contribution in [0.3, 0.4) is 0 Å². The van der Waals surface area contributed by atoms with E-state index in [0.717, 1.165) is 12.1 Å². The summed E-state index contributed by atoms with van der Waals surface area (Å²) >= 11 is 1.69. The lowest BCUT2D eigenvalue weighted by Crippen LogP contribution is -2.30. The van der Waals surface area contributed by atoms with Gasteiger partial charge in [0.2, 0.25) is 5.91 Å². The number of benzene rings is 1. The molecule has 2 rings (SSSR count). The molecule has 0 aliphatic heterocycles. The molecule has 0 aliphatic rings. The number of nitrogens with zero attached hydrogens (tertiary/aromatic N) is 1. The first kappa shape index (κ1) is 15.7. The van der Waals surface area contributed by atoms with Crippen LogP contribution in [0.2, 0.25) is 0 Å². The average Bonchev–Trinajstić information content (AvgIpc) is 2.79. The SMILES string of the molecule is Cc1ccc(F)cc1NC(=O)CN(C)Cc1sccc1C. The van der Waals surface area contributed by atoms with Crippen LogP contribution in [0, 0.1) is 19.7 Å². The number of hydrogen-bond acceptors (Lipinski definition) is 3. The molecule has 0 saturated carbocycles. The molecule has 21 heavy (non-hydrogen) atoms. The Balaban J connectivity index is 1.92. The first-order valence-electron chi connectivity index (χ1n) is 6.73. The average molecular weight is 306 g/mol. The van der Waals surface area contributed by atoms with Crippen LogP contribution in [-0.4, -0.2) is 24.4 Å². The number of amides is 1. The smallest absolute Gasteiger partial charge is 0.238 e. The first-order valence-corrected chi connectivity index (χ1v) is 7.61. The van der Waals surface area contributed by atoms with Gasteiger partial charge in [-0.05, 0) is 55.6 Å². The molecule has 0 fully saturated rings. The second-order valence-corrected chi connectivity index (χ2v) is 6.21. The van der Waals surface area contributed by atoms with Crippen molar-refractivity contribution in [3.63, 3.8) is 0 Å². The van der Waals surface area contributed by atoms with Crippen molar-refractivity contribution in [2.24, 2.45) is 0 Å². The Morgan fingerprint density at radius 3 is 2.71 bits per heavy atom. The van der Waals surface area contributed by atoms with Gasteiger partial charge in [0, 0.05) is 17.1 Å². The van der Waals surface area contributed by atoms with Gasteiger partial charge in [-0.1, -0.05) is 6.07 Å². The highest BCUT2D eigenvalue weighted by Gasteiger charge is 2.11. The van der Waals surface area contributed by atoms with Crippen molar-refractivity contribution in [1.82, 2.24) is 4.90 Å². The predicted molar refractivity (Wildman–Crippen MR) is 85.2 cm³/mol. The second-order valence-electron chi connectivity index (χ2n) is 5.21. The second kappa shape index (κ2) is 6.83. The maximum atomic E-state index is 13.2. The summed E-state index contributed by atoms with van der Waals surface area (Å²) in [6.07, 6.45) is 0. The largest absolute Gasteiger partial charge is 0.325 e. The Labute approximate surface area is 128 Å². The lowest BCUT2D eigenvalue weighted by atomic mass is 10.2. The van der Waals surface area contributed by atoms with Crippen molar-refractivity contribution >= 4 is 22.9 Å². The number of carbonyl (C=O) groups is 1. The van der Waals surface area contributed by atoms with E-state index in [2.05, 4.69) is 23.7 Å². The topological polar surface area (TPSA) is 32.3 Å². The minimum atomic E-state index is -0.349. The summed E-state index contributed by atoms with van der Waals surface area (Å²) in [4.78, 5) is 15.2. The van der Waals surface area contributed by atoms with Crippen LogP contribution >= 0.6 is 11.3 Å². The van der Waals surface area contributed by atoms with Gasteiger partial charge in [0.15, 0.2) is 0 Å². The van der Waals surface area contributed by atoms with E-state index < -0.39 is 0 Å². The number of aryl methyl sites for hydroxylation is 2. The quantitative estimate of drug-likeness (QED) is 0.916. The standard InChI is InChI=1S/C16H19FN2OS/c1-11-4-5-13(17)8-14(11)18-16(20)10-19(3)9-15-12(2)6-7-21-15/h4-8H,9-10H2,1-3H3,(H,18,20). The lowest BCUT2D eigenvalue weighted by Gasteiger charge is -2.16. The Morgan fingerprint density at radius 1 is 1.29 bits per heavy atom. The van der Waals surface area contributed by atoms with Crippen LogP contribution in [0.4, 0.5) is 10.1 Å². The van der Waals surface area contributed by atoms with E-state index in [1.54, 1.807) is 17.4 Å². The van der Waals surface area contributed by atoms with Crippen molar-refractivity contribution in [2.75, 3.05) is 18.9 Å². The van der Waals surface area contributed by atoms with Crippen molar-refractivity contribution in [3.05, 3.63) is 51.5 Å². The van der Waals surface area contributed by atoms with Crippen molar-refractivity contribution in [2.45, 2.75) is 20.4 Å². The summed E-state index contributed by atoms with van der Waals surface area (Å²) < 4.78 is 13.2. The molecule has 1 aromatic carbocycles. The fraction of sp³-hybridized carbons (Fsp3) is 0.312. The van der Waals surface area contributed by atoms with E-state index in [-0.39, 0.29) is 18.3 Å². The highest BCUT2D eigenvalue weighted by molar-refractivity contribution is 7.10. The molecule has 5 heteroatoms. The third-order valence-corrected chi connectivity index (χ3v) is 4.28. The maximum absolute atomic E-state index is 13.2. The zero-order valence-corrected chi connectivity index (χ0v) is 13.3. The van der Waals surface area contributed by atoms with Crippen LogP contribution in [0.25, 0.3) is 0 Å². The monoisotopic (exact) mass is 306 g/mol. The number of carbonyl (C=O) groups excluding carboxylic acids is 1. The molecule has 2 aromatic rings. The fourth-order valence-corrected chi connectivity index (χ4v) is 3.02. The third kappa shape index (κ3) is 4.37. The van der Waals surface area contributed by atoms with E-state index in [4.69, 9.17) is 0 Å². The zero-order chi connectivity index (χ0) is 15.4. The molecule has 1 aromatic heterocycles. The highest BCUT2D eigenvalue weighted by atomic mass is 32.1. The molecule has 112 valence electrons. The van der Waals surface area contributed by atoms with Gasteiger partial charge in [0.1, 0.15) is 5.82 Å². The highest BCUT2D eigenvalue weighted by Crippen LogP contribution is 2.18. The van der Waals surface area contributed by atoms with Gasteiger partial charge >= 0.3 is 0 Å². The summed E-state index contributed by atoms with van der Waals surface area (Å²) in [6, 6.07) is 6.46. The molecule has 0 spiro atoms. The van der Waals surface area contributed by atoms with E-state index in [1.165, 1.54) is 22.6 Å². The lowest BCUT2D eigenvalue weighted by molar-refractivity contribution is -0.117. The Hall–Kier alpha value is -1.72. The zero-order valence-electron chi connectivity index (χ0n) is 12.4. The number of rotatable bonds is 5. The summed E-state index contributed by atoms with van der Waals surface area (Å²) in [7, 11) is 1.90. The summed E-state index contributed by atoms with van der Waals surface area (Å²) in [5, 5.41) is 4.81. The van der Waals surface area contributed by atoms with Crippen LogP contribution in [-0.2, 0) is 11.3 Å². The Morgan fingerprint density at radius 2 is 2.05 bits per heavy atom. The van der Waals surface area contributed by atoms with Crippen LogP contribution in [0.1, 0.15) is 16.0 Å². The molecule has 0 aliphatic carbocycles. The Bertz CT molecular complexity index is 639. The summed E-state index contributed by atoms with van der Waals surface area (Å²) in [6.45, 7) is 4.91. The molecule has 0 atom stereocenters. The number of halogens is 1. The summed E-state index contributed by atoms with van der Waals surface area (Å²) in [5.74, 6) is -0.487. The number of likely N-dealkylation sites (N-methyl/N-ethyl adjacent to an activating group) is 1. The number of anilines is 1. The van der Waals surface area contributed by atoms with Gasteiger partial charge in [-0.25, -0.2) is 4.39 Å². The predicted octanol–water partition coefficient (Wildman–Crippen LogP) is 3.57.